The van der Waals surface area contributed by atoms with Crippen LogP contribution in [0.15, 0.2) is 0 Å². The molecule has 4 atom stereocenters. The zero-order valence-electron chi connectivity index (χ0n) is 11.6. The van der Waals surface area contributed by atoms with E-state index in [1.807, 2.05) is 0 Å². The van der Waals surface area contributed by atoms with E-state index in [0.29, 0.717) is 0 Å². The predicted octanol–water partition coefficient (Wildman–Crippen LogP) is -0.0900. The number of methoxy groups -OCH3 is 2. The molecule has 7 nitrogen and oxygen atoms in total. The molecule has 0 unspecified atom stereocenters. The van der Waals surface area contributed by atoms with Gasteiger partial charge in [-0.3, -0.25) is 9.59 Å². The number of carbonyl (C=O) groups excluding carboxylic acids is 2. The number of esters is 2. The SMILES string of the molecule is COC[C@H]1OC[C@H](OC)[C@@H](OC(C)=O)[C@H]1OC(C)=O. The molecule has 0 spiro atoms. The van der Waals surface area contributed by atoms with Crippen LogP contribution in [0.4, 0.5) is 0 Å². The first-order valence-corrected chi connectivity index (χ1v) is 5.97. The van der Waals surface area contributed by atoms with Gasteiger partial charge in [-0.2, -0.15) is 0 Å². The Morgan fingerprint density at radius 2 is 1.68 bits per heavy atom. The fourth-order valence-corrected chi connectivity index (χ4v) is 2.01. The maximum absolute atomic E-state index is 11.2. The molecule has 0 aromatic carbocycles. The Kier molecular flexibility index (Phi) is 6.20. The fourth-order valence-electron chi connectivity index (χ4n) is 2.01. The van der Waals surface area contributed by atoms with Crippen molar-refractivity contribution in [2.75, 3.05) is 27.4 Å². The van der Waals surface area contributed by atoms with Crippen molar-refractivity contribution in [3.05, 3.63) is 0 Å². The molecular formula is C12H20O7. The molecule has 1 saturated heterocycles. The molecule has 1 rings (SSSR count). The smallest absolute Gasteiger partial charge is 0.303 e. The van der Waals surface area contributed by atoms with Crippen molar-refractivity contribution in [3.8, 4) is 0 Å². The minimum atomic E-state index is -0.750. The van der Waals surface area contributed by atoms with E-state index in [4.69, 9.17) is 23.7 Å². The van der Waals surface area contributed by atoms with Gasteiger partial charge in [0.15, 0.2) is 12.2 Å². The third kappa shape index (κ3) is 4.45. The highest BCUT2D eigenvalue weighted by atomic mass is 16.6. The van der Waals surface area contributed by atoms with E-state index in [0.717, 1.165) is 0 Å². The summed E-state index contributed by atoms with van der Waals surface area (Å²) >= 11 is 0. The molecule has 0 bridgehead atoms. The Labute approximate surface area is 112 Å². The fraction of sp³-hybridized carbons (Fsp3) is 0.833. The Hall–Kier alpha value is -1.18. The zero-order chi connectivity index (χ0) is 14.4. The lowest BCUT2D eigenvalue weighted by atomic mass is 9.99. The Morgan fingerprint density at radius 3 is 2.16 bits per heavy atom. The molecule has 19 heavy (non-hydrogen) atoms. The molecule has 0 aromatic rings. The maximum atomic E-state index is 11.2. The molecule has 1 heterocycles. The van der Waals surface area contributed by atoms with Crippen LogP contribution in [0, 0.1) is 0 Å². The number of ether oxygens (including phenoxy) is 5. The van der Waals surface area contributed by atoms with Gasteiger partial charge < -0.3 is 23.7 Å². The lowest BCUT2D eigenvalue weighted by molar-refractivity contribution is -0.228. The van der Waals surface area contributed by atoms with E-state index in [-0.39, 0.29) is 13.2 Å². The highest BCUT2D eigenvalue weighted by Gasteiger charge is 2.45. The number of hydrogen-bond donors (Lipinski definition) is 0. The van der Waals surface area contributed by atoms with Crippen LogP contribution in [-0.4, -0.2) is 63.8 Å². The Morgan fingerprint density at radius 1 is 1.11 bits per heavy atom. The van der Waals surface area contributed by atoms with Crippen LogP contribution in [0.3, 0.4) is 0 Å². The minimum absolute atomic E-state index is 0.228. The summed E-state index contributed by atoms with van der Waals surface area (Å²) in [5.41, 5.74) is 0. The zero-order valence-corrected chi connectivity index (χ0v) is 11.6. The van der Waals surface area contributed by atoms with Crippen molar-refractivity contribution in [1.82, 2.24) is 0 Å². The van der Waals surface area contributed by atoms with Crippen LogP contribution in [0.25, 0.3) is 0 Å². The quantitative estimate of drug-likeness (QED) is 0.649. The maximum Gasteiger partial charge on any atom is 0.303 e. The molecular weight excluding hydrogens is 256 g/mol. The van der Waals surface area contributed by atoms with Gasteiger partial charge in [0, 0.05) is 28.1 Å². The first-order valence-electron chi connectivity index (χ1n) is 5.97. The number of rotatable bonds is 5. The van der Waals surface area contributed by atoms with Crippen LogP contribution in [0.5, 0.6) is 0 Å². The average molecular weight is 276 g/mol. The van der Waals surface area contributed by atoms with E-state index in [1.165, 1.54) is 28.1 Å². The summed E-state index contributed by atoms with van der Waals surface area (Å²) in [6.45, 7) is 3.04. The van der Waals surface area contributed by atoms with Gasteiger partial charge in [-0.05, 0) is 0 Å². The molecule has 0 amide bonds. The van der Waals surface area contributed by atoms with Gasteiger partial charge in [0.2, 0.25) is 0 Å². The number of carbonyl (C=O) groups is 2. The van der Waals surface area contributed by atoms with Crippen LogP contribution in [0.2, 0.25) is 0 Å². The van der Waals surface area contributed by atoms with E-state index >= 15 is 0 Å². The van der Waals surface area contributed by atoms with Crippen LogP contribution < -0.4 is 0 Å². The van der Waals surface area contributed by atoms with E-state index < -0.39 is 36.4 Å². The van der Waals surface area contributed by atoms with Gasteiger partial charge in [0.05, 0.1) is 13.2 Å². The molecule has 1 aliphatic rings. The predicted molar refractivity (Wildman–Crippen MR) is 63.5 cm³/mol. The largest absolute Gasteiger partial charge is 0.456 e. The standard InChI is InChI=1S/C12H20O7/c1-7(13)18-11-9(16-4)6-17-10(5-15-3)12(11)19-8(2)14/h9-12H,5-6H2,1-4H3/t9-,10+,11+,12-/m0/s1. The number of hydrogen-bond acceptors (Lipinski definition) is 7. The molecule has 0 aromatic heterocycles. The summed E-state index contributed by atoms with van der Waals surface area (Å²) in [6.07, 6.45) is -2.44. The Bertz CT molecular complexity index is 317. The molecule has 110 valence electrons. The van der Waals surface area contributed by atoms with Crippen molar-refractivity contribution >= 4 is 11.9 Å². The second-order valence-electron chi connectivity index (χ2n) is 4.25. The van der Waals surface area contributed by atoms with Gasteiger partial charge >= 0.3 is 11.9 Å². The summed E-state index contributed by atoms with van der Waals surface area (Å²) in [7, 11) is 2.99. The third-order valence-electron chi connectivity index (χ3n) is 2.77. The summed E-state index contributed by atoms with van der Waals surface area (Å²) in [5.74, 6) is -0.953. The summed E-state index contributed by atoms with van der Waals surface area (Å²) in [5, 5.41) is 0. The normalized spacial score (nSPS) is 30.7. The second-order valence-corrected chi connectivity index (χ2v) is 4.25. The molecule has 0 radical (unpaired) electrons. The highest BCUT2D eigenvalue weighted by Crippen LogP contribution is 2.24. The van der Waals surface area contributed by atoms with Crippen molar-refractivity contribution in [3.63, 3.8) is 0 Å². The highest BCUT2D eigenvalue weighted by molar-refractivity contribution is 5.67. The van der Waals surface area contributed by atoms with Gasteiger partial charge in [-0.25, -0.2) is 0 Å². The van der Waals surface area contributed by atoms with Crippen LogP contribution in [-0.2, 0) is 33.3 Å². The van der Waals surface area contributed by atoms with Crippen LogP contribution >= 0.6 is 0 Å². The van der Waals surface area contributed by atoms with E-state index in [9.17, 15) is 9.59 Å². The molecule has 1 aliphatic heterocycles. The van der Waals surface area contributed by atoms with Gasteiger partial charge in [0.1, 0.15) is 12.2 Å². The van der Waals surface area contributed by atoms with Crippen molar-refractivity contribution in [2.24, 2.45) is 0 Å². The topological polar surface area (TPSA) is 80.3 Å². The monoisotopic (exact) mass is 276 g/mol. The van der Waals surface area contributed by atoms with Crippen LogP contribution in [0.1, 0.15) is 13.8 Å². The van der Waals surface area contributed by atoms with Crippen molar-refractivity contribution < 1.29 is 33.3 Å². The summed E-state index contributed by atoms with van der Waals surface area (Å²) < 4.78 is 26.2. The average Bonchev–Trinajstić information content (AvgIpc) is 2.32. The minimum Gasteiger partial charge on any atom is -0.456 e. The Balaban J connectivity index is 2.89. The van der Waals surface area contributed by atoms with Gasteiger partial charge in [-0.15, -0.1) is 0 Å². The van der Waals surface area contributed by atoms with Gasteiger partial charge in [-0.1, -0.05) is 0 Å². The van der Waals surface area contributed by atoms with Gasteiger partial charge in [0.25, 0.3) is 0 Å². The molecule has 0 aliphatic carbocycles. The molecule has 0 N–H and O–H groups in total. The van der Waals surface area contributed by atoms with E-state index in [1.54, 1.807) is 0 Å². The first kappa shape index (κ1) is 15.9. The lowest BCUT2D eigenvalue weighted by Crippen LogP contribution is -2.58. The first-order chi connectivity index (χ1) is 8.99. The van der Waals surface area contributed by atoms with Crippen molar-refractivity contribution in [1.29, 1.82) is 0 Å². The summed E-state index contributed by atoms with van der Waals surface area (Å²) in [6, 6.07) is 0. The lowest BCUT2D eigenvalue weighted by Gasteiger charge is -2.40. The molecule has 7 heteroatoms. The second kappa shape index (κ2) is 7.42. The molecule has 1 fully saturated rings. The summed E-state index contributed by atoms with van der Waals surface area (Å²) in [4.78, 5) is 22.4. The molecule has 0 saturated carbocycles. The van der Waals surface area contributed by atoms with Crippen molar-refractivity contribution in [2.45, 2.75) is 38.3 Å². The van der Waals surface area contributed by atoms with E-state index in [2.05, 4.69) is 0 Å². The third-order valence-corrected chi connectivity index (χ3v) is 2.77.